The van der Waals surface area contributed by atoms with Crippen LogP contribution >= 0.6 is 0 Å². The number of aliphatic hydroxyl groups excluding tert-OH is 2. The topological polar surface area (TPSA) is 150 Å². The predicted molar refractivity (Wildman–Crippen MR) is 190 cm³/mol. The summed E-state index contributed by atoms with van der Waals surface area (Å²) in [5, 5.41) is 18.7. The molecule has 1 aromatic rings. The molecule has 5 atom stereocenters. The molecule has 0 aromatic heterocycles. The van der Waals surface area contributed by atoms with Gasteiger partial charge in [0.1, 0.15) is 24.9 Å². The van der Waals surface area contributed by atoms with Crippen LogP contribution in [-0.4, -0.2) is 126 Å². The third-order valence-corrected chi connectivity index (χ3v) is 10.6. The van der Waals surface area contributed by atoms with E-state index in [1.54, 1.807) is 6.92 Å². The van der Waals surface area contributed by atoms with Gasteiger partial charge in [0.25, 0.3) is 0 Å². The standard InChI is InChI=1S/C40H58O13/c1-39(23-41,24-42)25-51-35(43)11-7-17-45-32-21-48-37(49-22-32)30-14-12-28(13-15-30)18-34-40(2)26-50-33(38(53-34)52-27-40)10-6-16-44-31-19-46-36(47-20-31)29-8-4-3-5-9-29/h3-5,8-9,12-14,30-34,36-38,41-42H,6-7,10-11,15-27H2,1-2H3/t30?,31?,32?,33-,34?,36?,37?,38?,40?/m1/s1. The lowest BCUT2D eigenvalue weighted by molar-refractivity contribution is -0.260. The first-order valence-electron chi connectivity index (χ1n) is 19.1. The van der Waals surface area contributed by atoms with Crippen LogP contribution in [0.1, 0.15) is 64.2 Å². The summed E-state index contributed by atoms with van der Waals surface area (Å²) in [4.78, 5) is 12.0. The summed E-state index contributed by atoms with van der Waals surface area (Å²) in [5.41, 5.74) is 1.16. The van der Waals surface area contributed by atoms with Crippen molar-refractivity contribution in [2.45, 2.75) is 95.7 Å². The normalized spacial score (nSPS) is 33.3. The number of carbonyl (C=O) groups is 1. The van der Waals surface area contributed by atoms with E-state index in [4.69, 9.17) is 47.4 Å². The van der Waals surface area contributed by atoms with Crippen LogP contribution in [0, 0.1) is 16.7 Å². The number of fused-ring (bicyclic) bond motifs is 4. The zero-order valence-corrected chi connectivity index (χ0v) is 31.1. The average molecular weight is 747 g/mol. The van der Waals surface area contributed by atoms with E-state index in [1.807, 2.05) is 30.3 Å². The van der Waals surface area contributed by atoms with Crippen molar-refractivity contribution < 1.29 is 62.4 Å². The number of carbonyl (C=O) groups excluding carboxylic acids is 1. The van der Waals surface area contributed by atoms with Gasteiger partial charge in [-0.25, -0.2) is 0 Å². The van der Waals surface area contributed by atoms with Gasteiger partial charge in [-0.3, -0.25) is 4.79 Å². The summed E-state index contributed by atoms with van der Waals surface area (Å²) in [5.74, 6) is -0.278. The fourth-order valence-electron chi connectivity index (χ4n) is 6.90. The summed E-state index contributed by atoms with van der Waals surface area (Å²) in [6, 6.07) is 9.95. The summed E-state index contributed by atoms with van der Waals surface area (Å²) < 4.78 is 60.0. The van der Waals surface area contributed by atoms with Crippen LogP contribution in [0.2, 0.25) is 0 Å². The Kier molecular flexibility index (Phi) is 14.9. The maximum atomic E-state index is 12.0. The van der Waals surface area contributed by atoms with Crippen LogP contribution in [0.25, 0.3) is 0 Å². The number of ether oxygens (including phenoxy) is 10. The molecule has 5 aliphatic heterocycles. The van der Waals surface area contributed by atoms with E-state index in [0.717, 1.165) is 31.2 Å². The summed E-state index contributed by atoms with van der Waals surface area (Å²) in [6.07, 6.45) is 8.90. The summed E-state index contributed by atoms with van der Waals surface area (Å²) in [6.45, 7) is 7.26. The van der Waals surface area contributed by atoms with Crippen molar-refractivity contribution in [1.82, 2.24) is 0 Å². The van der Waals surface area contributed by atoms with Crippen LogP contribution in [0.5, 0.6) is 0 Å². The van der Waals surface area contributed by atoms with Crippen molar-refractivity contribution in [1.29, 1.82) is 0 Å². The van der Waals surface area contributed by atoms with E-state index in [0.29, 0.717) is 59.3 Å². The highest BCUT2D eigenvalue weighted by Crippen LogP contribution is 2.41. The van der Waals surface area contributed by atoms with Crippen molar-refractivity contribution in [2.24, 2.45) is 16.7 Å². The quantitative estimate of drug-likeness (QED) is 0.165. The molecule has 2 bridgehead atoms. The molecule has 6 aliphatic rings. The second-order valence-corrected chi connectivity index (χ2v) is 15.5. The molecule has 53 heavy (non-hydrogen) atoms. The zero-order chi connectivity index (χ0) is 37.1. The SMILES string of the molecule is CC(CO)(CO)COC(=O)CCCOC1COC(C2C=CC(CC3OC4OCC3(C)CO[C@@H]4CCCOC3COC(c4ccccc4)OC3)=CC2)OC1. The molecule has 13 heteroatoms. The number of hydrogen-bond acceptors (Lipinski definition) is 13. The molecule has 1 aliphatic carbocycles. The number of rotatable bonds is 18. The molecule has 0 spiro atoms. The Hall–Kier alpha value is -2.27. The van der Waals surface area contributed by atoms with Crippen molar-refractivity contribution in [3.8, 4) is 0 Å². The van der Waals surface area contributed by atoms with Crippen molar-refractivity contribution in [2.75, 3.05) is 72.7 Å². The van der Waals surface area contributed by atoms with E-state index in [9.17, 15) is 15.0 Å². The van der Waals surface area contributed by atoms with E-state index >= 15 is 0 Å². The van der Waals surface area contributed by atoms with Crippen LogP contribution in [0.4, 0.5) is 0 Å². The first-order valence-corrected chi connectivity index (χ1v) is 19.1. The van der Waals surface area contributed by atoms with Gasteiger partial charge in [0.2, 0.25) is 0 Å². The Morgan fingerprint density at radius 3 is 2.25 bits per heavy atom. The van der Waals surface area contributed by atoms with Crippen LogP contribution in [0.3, 0.4) is 0 Å². The van der Waals surface area contributed by atoms with Crippen LogP contribution < -0.4 is 0 Å². The Balaban J connectivity index is 0.844. The molecule has 2 N–H and O–H groups in total. The molecule has 7 rings (SSSR count). The van der Waals surface area contributed by atoms with Gasteiger partial charge in [0, 0.05) is 41.9 Å². The minimum atomic E-state index is -0.838. The van der Waals surface area contributed by atoms with E-state index in [-0.39, 0.29) is 80.5 Å². The molecule has 5 fully saturated rings. The largest absolute Gasteiger partial charge is 0.465 e. The van der Waals surface area contributed by atoms with Crippen molar-refractivity contribution in [3.05, 3.63) is 59.7 Å². The first-order chi connectivity index (χ1) is 25.8. The minimum absolute atomic E-state index is 0.0210. The van der Waals surface area contributed by atoms with E-state index < -0.39 is 11.7 Å². The third-order valence-electron chi connectivity index (χ3n) is 10.6. The smallest absolute Gasteiger partial charge is 0.305 e. The molecule has 5 saturated heterocycles. The van der Waals surface area contributed by atoms with Gasteiger partial charge in [-0.1, -0.05) is 62.4 Å². The summed E-state index contributed by atoms with van der Waals surface area (Å²) >= 11 is 0. The third kappa shape index (κ3) is 11.4. The molecule has 13 nitrogen and oxygen atoms in total. The van der Waals surface area contributed by atoms with Gasteiger partial charge in [0.15, 0.2) is 18.9 Å². The molecule has 0 amide bonds. The van der Waals surface area contributed by atoms with Crippen molar-refractivity contribution >= 4 is 5.97 Å². The number of benzene rings is 1. The second kappa shape index (κ2) is 19.5. The Morgan fingerprint density at radius 1 is 0.887 bits per heavy atom. The minimum Gasteiger partial charge on any atom is -0.465 e. The maximum absolute atomic E-state index is 12.0. The second-order valence-electron chi connectivity index (χ2n) is 15.5. The molecule has 0 saturated carbocycles. The summed E-state index contributed by atoms with van der Waals surface area (Å²) in [7, 11) is 0. The van der Waals surface area contributed by atoms with Crippen LogP contribution in [-0.2, 0) is 52.2 Å². The first kappa shape index (κ1) is 40.4. The lowest BCUT2D eigenvalue weighted by Crippen LogP contribution is -2.48. The molecule has 296 valence electrons. The van der Waals surface area contributed by atoms with Crippen LogP contribution in [0.15, 0.2) is 54.1 Å². The van der Waals surface area contributed by atoms with Gasteiger partial charge < -0.3 is 57.6 Å². The van der Waals surface area contributed by atoms with Gasteiger partial charge in [-0.2, -0.15) is 0 Å². The lowest BCUT2D eigenvalue weighted by Gasteiger charge is -2.41. The number of hydrogen-bond donors (Lipinski definition) is 2. The monoisotopic (exact) mass is 746 g/mol. The number of allylic oxidation sites excluding steroid dienone is 2. The highest BCUT2D eigenvalue weighted by Gasteiger charge is 2.48. The highest BCUT2D eigenvalue weighted by molar-refractivity contribution is 5.69. The molecule has 0 radical (unpaired) electrons. The highest BCUT2D eigenvalue weighted by atomic mass is 16.7. The fourth-order valence-corrected chi connectivity index (χ4v) is 6.90. The molecular formula is C40H58O13. The molecule has 5 heterocycles. The van der Waals surface area contributed by atoms with E-state index in [2.05, 4.69) is 25.2 Å². The molecular weight excluding hydrogens is 688 g/mol. The molecule has 1 aromatic carbocycles. The number of esters is 1. The average Bonchev–Trinajstić information content (AvgIpc) is 3.44. The Labute approximate surface area is 312 Å². The zero-order valence-electron chi connectivity index (χ0n) is 31.1. The predicted octanol–water partition coefficient (Wildman–Crippen LogP) is 4.01. The van der Waals surface area contributed by atoms with Gasteiger partial charge in [-0.05, 0) is 37.7 Å². The van der Waals surface area contributed by atoms with E-state index in [1.165, 1.54) is 5.57 Å². The maximum Gasteiger partial charge on any atom is 0.305 e. The lowest BCUT2D eigenvalue weighted by atomic mass is 9.80. The van der Waals surface area contributed by atoms with Crippen molar-refractivity contribution in [3.63, 3.8) is 0 Å². The molecule has 4 unspecified atom stereocenters. The van der Waals surface area contributed by atoms with Gasteiger partial charge >= 0.3 is 5.97 Å². The van der Waals surface area contributed by atoms with Gasteiger partial charge in [-0.15, -0.1) is 0 Å². The fraction of sp³-hybridized carbons (Fsp3) is 0.725. The number of aliphatic hydroxyl groups is 2. The Bertz CT molecular complexity index is 1320. The Morgan fingerprint density at radius 2 is 1.57 bits per heavy atom. The van der Waals surface area contributed by atoms with Gasteiger partial charge in [0.05, 0.1) is 59.0 Å².